The summed E-state index contributed by atoms with van der Waals surface area (Å²) in [7, 11) is 0. The van der Waals surface area contributed by atoms with Gasteiger partial charge < -0.3 is 5.73 Å². The second-order valence-electron chi connectivity index (χ2n) is 3.98. The lowest BCUT2D eigenvalue weighted by molar-refractivity contribution is -0.389. The van der Waals surface area contributed by atoms with Crippen LogP contribution >= 0.6 is 0 Å². The smallest absolute Gasteiger partial charge is 0.285 e. The first kappa shape index (κ1) is 14.6. The number of nitro benzene ring substituents is 2. The minimum absolute atomic E-state index is 0.162. The first-order valence-electron chi connectivity index (χ1n) is 5.64. The van der Waals surface area contributed by atoms with E-state index < -0.39 is 27.0 Å². The zero-order valence-corrected chi connectivity index (χ0v) is 10.3. The first-order chi connectivity index (χ1) is 8.88. The Balaban J connectivity index is 3.50. The predicted molar refractivity (Wildman–Crippen MR) is 66.9 cm³/mol. The largest absolute Gasteiger partial charge is 0.365 e. The summed E-state index contributed by atoms with van der Waals surface area (Å²) in [5.74, 6) is -1.05. The van der Waals surface area contributed by atoms with Gasteiger partial charge in [0.25, 0.3) is 17.3 Å². The molecule has 1 aromatic rings. The van der Waals surface area contributed by atoms with Gasteiger partial charge in [-0.1, -0.05) is 13.3 Å². The molecule has 0 aliphatic carbocycles. The minimum atomic E-state index is -1.05. The van der Waals surface area contributed by atoms with Crippen molar-refractivity contribution in [3.8, 4) is 0 Å². The number of carbonyl (C=O) groups excluding carboxylic acids is 1. The number of carbonyl (C=O) groups is 1. The van der Waals surface area contributed by atoms with Crippen molar-refractivity contribution in [1.29, 1.82) is 0 Å². The van der Waals surface area contributed by atoms with E-state index in [0.29, 0.717) is 6.42 Å². The van der Waals surface area contributed by atoms with E-state index in [0.717, 1.165) is 18.6 Å². The number of amides is 1. The molecular weight excluding hydrogens is 254 g/mol. The Morgan fingerprint density at radius 1 is 1.26 bits per heavy atom. The summed E-state index contributed by atoms with van der Waals surface area (Å²) in [6, 6.07) is 1.97. The third-order valence-electron chi connectivity index (χ3n) is 2.63. The third-order valence-corrected chi connectivity index (χ3v) is 2.63. The number of hydrogen-bond acceptors (Lipinski definition) is 5. The molecule has 0 saturated heterocycles. The quantitative estimate of drug-likeness (QED) is 0.621. The van der Waals surface area contributed by atoms with Crippen molar-refractivity contribution in [3.05, 3.63) is 43.5 Å². The topological polar surface area (TPSA) is 129 Å². The molecule has 0 saturated carbocycles. The van der Waals surface area contributed by atoms with Gasteiger partial charge >= 0.3 is 0 Å². The molecule has 0 fully saturated rings. The molecule has 0 spiro atoms. The molecule has 0 aliphatic rings. The van der Waals surface area contributed by atoms with Gasteiger partial charge in [0.1, 0.15) is 5.56 Å². The van der Waals surface area contributed by atoms with Crippen LogP contribution in [-0.4, -0.2) is 15.8 Å². The van der Waals surface area contributed by atoms with Crippen LogP contribution in [0.25, 0.3) is 0 Å². The third kappa shape index (κ3) is 3.24. The number of non-ortho nitro benzene ring substituents is 1. The molecule has 0 radical (unpaired) electrons. The van der Waals surface area contributed by atoms with Crippen molar-refractivity contribution in [1.82, 2.24) is 0 Å². The summed E-state index contributed by atoms with van der Waals surface area (Å²) < 4.78 is 0. The summed E-state index contributed by atoms with van der Waals surface area (Å²) in [5, 5.41) is 21.8. The van der Waals surface area contributed by atoms with E-state index in [1.54, 1.807) is 0 Å². The molecule has 1 rings (SSSR count). The van der Waals surface area contributed by atoms with Gasteiger partial charge in [-0.3, -0.25) is 25.0 Å². The maximum atomic E-state index is 11.2. The molecule has 8 nitrogen and oxygen atoms in total. The maximum absolute atomic E-state index is 11.2. The zero-order valence-electron chi connectivity index (χ0n) is 10.3. The van der Waals surface area contributed by atoms with Crippen LogP contribution in [0.5, 0.6) is 0 Å². The van der Waals surface area contributed by atoms with Gasteiger partial charge in [0, 0.05) is 17.7 Å². The highest BCUT2D eigenvalue weighted by atomic mass is 16.6. The van der Waals surface area contributed by atoms with Gasteiger partial charge in [-0.05, 0) is 12.8 Å². The molecule has 19 heavy (non-hydrogen) atoms. The van der Waals surface area contributed by atoms with Crippen LogP contribution in [0.2, 0.25) is 0 Å². The monoisotopic (exact) mass is 267 g/mol. The molecule has 1 amide bonds. The van der Waals surface area contributed by atoms with Crippen LogP contribution in [-0.2, 0) is 6.42 Å². The highest BCUT2D eigenvalue weighted by Gasteiger charge is 2.27. The summed E-state index contributed by atoms with van der Waals surface area (Å²) in [6.07, 6.45) is 1.68. The van der Waals surface area contributed by atoms with Crippen molar-refractivity contribution in [2.24, 2.45) is 5.73 Å². The van der Waals surface area contributed by atoms with Crippen LogP contribution < -0.4 is 5.73 Å². The Labute approximate surface area is 108 Å². The van der Waals surface area contributed by atoms with E-state index >= 15 is 0 Å². The Morgan fingerprint density at radius 3 is 2.32 bits per heavy atom. The van der Waals surface area contributed by atoms with E-state index in [1.807, 2.05) is 6.92 Å². The van der Waals surface area contributed by atoms with E-state index in [4.69, 9.17) is 5.73 Å². The van der Waals surface area contributed by atoms with Crippen molar-refractivity contribution in [2.75, 3.05) is 0 Å². The van der Waals surface area contributed by atoms with E-state index in [1.165, 1.54) is 0 Å². The second kappa shape index (κ2) is 5.89. The highest BCUT2D eigenvalue weighted by molar-refractivity contribution is 5.98. The van der Waals surface area contributed by atoms with Crippen molar-refractivity contribution >= 4 is 17.3 Å². The number of primary amides is 1. The Bertz CT molecular complexity index is 541. The molecule has 0 aliphatic heterocycles. The predicted octanol–water partition coefficient (Wildman–Crippen LogP) is 1.94. The molecular formula is C11H13N3O5. The lowest BCUT2D eigenvalue weighted by Gasteiger charge is -2.06. The SMILES string of the molecule is CCCCc1cc([N+](=O)[O-])cc(C(N)=O)c1[N+](=O)[O-]. The van der Waals surface area contributed by atoms with Crippen LogP contribution in [0.1, 0.15) is 35.7 Å². The standard InChI is InChI=1S/C11H13N3O5/c1-2-3-4-7-5-8(13(16)17)6-9(11(12)15)10(7)14(18)19/h5-6H,2-4H2,1H3,(H2,12,15). The number of aryl methyl sites for hydroxylation is 1. The minimum Gasteiger partial charge on any atom is -0.365 e. The zero-order chi connectivity index (χ0) is 14.6. The number of rotatable bonds is 6. The van der Waals surface area contributed by atoms with Crippen molar-refractivity contribution in [3.63, 3.8) is 0 Å². The fraction of sp³-hybridized carbons (Fsp3) is 0.364. The van der Waals surface area contributed by atoms with Gasteiger partial charge in [-0.15, -0.1) is 0 Å². The number of unbranched alkanes of at least 4 members (excludes halogenated alkanes) is 1. The maximum Gasteiger partial charge on any atom is 0.285 e. The fourth-order valence-corrected chi connectivity index (χ4v) is 1.74. The first-order valence-corrected chi connectivity index (χ1v) is 5.64. The molecule has 8 heteroatoms. The van der Waals surface area contributed by atoms with E-state index in [2.05, 4.69) is 0 Å². The van der Waals surface area contributed by atoms with Crippen LogP contribution in [0.15, 0.2) is 12.1 Å². The summed E-state index contributed by atoms with van der Waals surface area (Å²) >= 11 is 0. The molecule has 0 atom stereocenters. The van der Waals surface area contributed by atoms with Gasteiger partial charge in [0.2, 0.25) is 0 Å². The lowest BCUT2D eigenvalue weighted by Crippen LogP contribution is -2.15. The van der Waals surface area contributed by atoms with E-state index in [9.17, 15) is 25.0 Å². The Hall–Kier alpha value is -2.51. The van der Waals surface area contributed by atoms with Gasteiger partial charge in [-0.2, -0.15) is 0 Å². The molecule has 1 aromatic carbocycles. The summed E-state index contributed by atoms with van der Waals surface area (Å²) in [6.45, 7) is 1.89. The number of nitrogens with zero attached hydrogens (tertiary/aromatic N) is 2. The Morgan fingerprint density at radius 2 is 1.89 bits per heavy atom. The van der Waals surface area contributed by atoms with Crippen LogP contribution in [0.3, 0.4) is 0 Å². The fourth-order valence-electron chi connectivity index (χ4n) is 1.74. The normalized spacial score (nSPS) is 10.2. The van der Waals surface area contributed by atoms with Gasteiger partial charge in [0.15, 0.2) is 0 Å². The van der Waals surface area contributed by atoms with Crippen molar-refractivity contribution in [2.45, 2.75) is 26.2 Å². The molecule has 0 heterocycles. The molecule has 0 bridgehead atoms. The van der Waals surface area contributed by atoms with Crippen LogP contribution in [0.4, 0.5) is 11.4 Å². The summed E-state index contributed by atoms with van der Waals surface area (Å²) in [5.41, 5.74) is 3.98. The van der Waals surface area contributed by atoms with E-state index in [-0.39, 0.29) is 17.7 Å². The molecule has 0 unspecified atom stereocenters. The number of nitro groups is 2. The number of nitrogens with two attached hydrogens (primary N) is 1. The van der Waals surface area contributed by atoms with Gasteiger partial charge in [-0.25, -0.2) is 0 Å². The lowest BCUT2D eigenvalue weighted by atomic mass is 10.0. The summed E-state index contributed by atoms with van der Waals surface area (Å²) in [4.78, 5) is 31.6. The van der Waals surface area contributed by atoms with Gasteiger partial charge in [0.05, 0.1) is 9.85 Å². The number of benzene rings is 1. The number of hydrogen-bond donors (Lipinski definition) is 1. The molecule has 2 N–H and O–H groups in total. The average Bonchev–Trinajstić information content (AvgIpc) is 2.34. The Kier molecular flexibility index (Phi) is 4.51. The highest BCUT2D eigenvalue weighted by Crippen LogP contribution is 2.30. The van der Waals surface area contributed by atoms with Crippen LogP contribution in [0, 0.1) is 20.2 Å². The second-order valence-corrected chi connectivity index (χ2v) is 3.98. The molecule has 102 valence electrons. The molecule has 0 aromatic heterocycles. The average molecular weight is 267 g/mol. The van der Waals surface area contributed by atoms with Crippen molar-refractivity contribution < 1.29 is 14.6 Å².